The molecule has 1 N–H and O–H groups in total. The first-order chi connectivity index (χ1) is 10.7. The Morgan fingerprint density at radius 1 is 1.18 bits per heavy atom. The normalized spacial score (nSPS) is 10.0. The number of halogens is 1. The molecule has 0 amide bonds. The van der Waals surface area contributed by atoms with Gasteiger partial charge in [0.05, 0.1) is 37.6 Å². The zero-order chi connectivity index (χ0) is 15.8. The minimum absolute atomic E-state index is 0.304. The second-order valence-electron chi connectivity index (χ2n) is 4.63. The van der Waals surface area contributed by atoms with Crippen LogP contribution >= 0.6 is 0 Å². The van der Waals surface area contributed by atoms with E-state index in [0.29, 0.717) is 31.0 Å². The fourth-order valence-electron chi connectivity index (χ4n) is 1.90. The quantitative estimate of drug-likeness (QED) is 0.797. The number of anilines is 1. The van der Waals surface area contributed by atoms with Crippen molar-refractivity contribution in [3.63, 3.8) is 0 Å². The third-order valence-corrected chi connectivity index (χ3v) is 3.09. The number of hydrogen-bond acceptors (Lipinski definition) is 4. The number of nitrogens with zero attached hydrogens (tertiary/aromatic N) is 1. The SMILES string of the molecule is COc1ccc(COCCNc2ccc(C#N)cc2F)cc1. The first-order valence-corrected chi connectivity index (χ1v) is 6.87. The molecule has 0 fully saturated rings. The number of nitrogens with one attached hydrogen (secondary N) is 1. The Bertz CT molecular complexity index is 651. The van der Waals surface area contributed by atoms with Gasteiger partial charge in [-0.15, -0.1) is 0 Å². The molecule has 0 aromatic heterocycles. The lowest BCUT2D eigenvalue weighted by molar-refractivity contribution is 0.130. The molecular formula is C17H17FN2O2. The molecule has 5 heteroatoms. The van der Waals surface area contributed by atoms with Crippen LogP contribution in [0.5, 0.6) is 5.75 Å². The summed E-state index contributed by atoms with van der Waals surface area (Å²) in [5, 5.41) is 11.6. The molecule has 0 aliphatic heterocycles. The monoisotopic (exact) mass is 300 g/mol. The molecular weight excluding hydrogens is 283 g/mol. The van der Waals surface area contributed by atoms with E-state index < -0.39 is 5.82 Å². The van der Waals surface area contributed by atoms with Crippen molar-refractivity contribution in [2.45, 2.75) is 6.61 Å². The summed E-state index contributed by atoms with van der Waals surface area (Å²) >= 11 is 0. The average molecular weight is 300 g/mol. The van der Waals surface area contributed by atoms with Crippen LogP contribution in [0.25, 0.3) is 0 Å². The summed E-state index contributed by atoms with van der Waals surface area (Å²) in [5.74, 6) is 0.371. The van der Waals surface area contributed by atoms with Crippen LogP contribution in [0.2, 0.25) is 0 Å². The summed E-state index contributed by atoms with van der Waals surface area (Å²) in [4.78, 5) is 0. The summed E-state index contributed by atoms with van der Waals surface area (Å²) in [7, 11) is 1.62. The molecule has 22 heavy (non-hydrogen) atoms. The van der Waals surface area contributed by atoms with Crippen molar-refractivity contribution in [3.05, 3.63) is 59.4 Å². The van der Waals surface area contributed by atoms with Gasteiger partial charge in [-0.3, -0.25) is 0 Å². The van der Waals surface area contributed by atoms with Crippen LogP contribution in [0.4, 0.5) is 10.1 Å². The molecule has 0 unspecified atom stereocenters. The first-order valence-electron chi connectivity index (χ1n) is 6.87. The van der Waals surface area contributed by atoms with Gasteiger partial charge in [0.2, 0.25) is 0 Å². The highest BCUT2D eigenvalue weighted by Crippen LogP contribution is 2.15. The Morgan fingerprint density at radius 3 is 2.59 bits per heavy atom. The summed E-state index contributed by atoms with van der Waals surface area (Å²) in [5.41, 5.74) is 1.72. The minimum atomic E-state index is -0.436. The number of nitriles is 1. The van der Waals surface area contributed by atoms with Crippen molar-refractivity contribution in [3.8, 4) is 11.8 Å². The molecule has 114 valence electrons. The first kappa shape index (κ1) is 15.8. The average Bonchev–Trinajstić information content (AvgIpc) is 2.56. The molecule has 0 radical (unpaired) electrons. The molecule has 0 bridgehead atoms. The van der Waals surface area contributed by atoms with Crippen LogP contribution < -0.4 is 10.1 Å². The van der Waals surface area contributed by atoms with E-state index in [1.54, 1.807) is 19.2 Å². The molecule has 2 aromatic carbocycles. The zero-order valence-corrected chi connectivity index (χ0v) is 12.3. The highest BCUT2D eigenvalue weighted by molar-refractivity contribution is 5.48. The van der Waals surface area contributed by atoms with E-state index in [1.807, 2.05) is 30.3 Å². The predicted octanol–water partition coefficient (Wildman–Crippen LogP) is 3.33. The van der Waals surface area contributed by atoms with Crippen molar-refractivity contribution in [1.29, 1.82) is 5.26 Å². The third kappa shape index (κ3) is 4.47. The lowest BCUT2D eigenvalue weighted by atomic mass is 10.2. The molecule has 4 nitrogen and oxygen atoms in total. The summed E-state index contributed by atoms with van der Waals surface area (Å²) in [6.07, 6.45) is 0. The molecule has 0 saturated heterocycles. The van der Waals surface area contributed by atoms with Crippen LogP contribution in [-0.4, -0.2) is 20.3 Å². The van der Waals surface area contributed by atoms with Gasteiger partial charge in [0.1, 0.15) is 11.6 Å². The third-order valence-electron chi connectivity index (χ3n) is 3.09. The van der Waals surface area contributed by atoms with E-state index in [9.17, 15) is 4.39 Å². The standard InChI is InChI=1S/C17H17FN2O2/c1-21-15-5-2-13(3-6-15)12-22-9-8-20-17-7-4-14(11-19)10-16(17)18/h2-7,10,20H,8-9,12H2,1H3. The zero-order valence-electron chi connectivity index (χ0n) is 12.3. The van der Waals surface area contributed by atoms with Crippen LogP contribution in [0.3, 0.4) is 0 Å². The van der Waals surface area contributed by atoms with Crippen LogP contribution in [0, 0.1) is 17.1 Å². The van der Waals surface area contributed by atoms with E-state index in [1.165, 1.54) is 6.07 Å². The van der Waals surface area contributed by atoms with Gasteiger partial charge in [0, 0.05) is 6.54 Å². The molecule has 0 saturated carbocycles. The maximum Gasteiger partial charge on any atom is 0.147 e. The Hall–Kier alpha value is -2.58. The van der Waals surface area contributed by atoms with Crippen molar-refractivity contribution < 1.29 is 13.9 Å². The van der Waals surface area contributed by atoms with Crippen LogP contribution in [0.15, 0.2) is 42.5 Å². The lowest BCUT2D eigenvalue weighted by Crippen LogP contribution is -2.10. The molecule has 0 aliphatic carbocycles. The molecule has 0 heterocycles. The molecule has 2 rings (SSSR count). The van der Waals surface area contributed by atoms with Gasteiger partial charge < -0.3 is 14.8 Å². The number of rotatable bonds is 7. The smallest absolute Gasteiger partial charge is 0.147 e. The van der Waals surface area contributed by atoms with E-state index in [0.717, 1.165) is 11.3 Å². The fraction of sp³-hybridized carbons (Fsp3) is 0.235. The Kier molecular flexibility index (Phi) is 5.75. The highest BCUT2D eigenvalue weighted by atomic mass is 19.1. The number of hydrogen-bond donors (Lipinski definition) is 1. The minimum Gasteiger partial charge on any atom is -0.497 e. The van der Waals surface area contributed by atoms with Crippen molar-refractivity contribution in [1.82, 2.24) is 0 Å². The van der Waals surface area contributed by atoms with Gasteiger partial charge >= 0.3 is 0 Å². The summed E-state index contributed by atoms with van der Waals surface area (Å²) in [6.45, 7) is 1.42. The molecule has 0 atom stereocenters. The van der Waals surface area contributed by atoms with E-state index in [4.69, 9.17) is 14.7 Å². The van der Waals surface area contributed by atoms with Crippen LogP contribution in [-0.2, 0) is 11.3 Å². The number of benzene rings is 2. The maximum atomic E-state index is 13.6. The Morgan fingerprint density at radius 2 is 1.95 bits per heavy atom. The van der Waals surface area contributed by atoms with Crippen molar-refractivity contribution in [2.24, 2.45) is 0 Å². The highest BCUT2D eigenvalue weighted by Gasteiger charge is 2.02. The van der Waals surface area contributed by atoms with Gasteiger partial charge in [-0.25, -0.2) is 4.39 Å². The number of methoxy groups -OCH3 is 1. The molecule has 0 aliphatic rings. The Labute approximate surface area is 129 Å². The topological polar surface area (TPSA) is 54.3 Å². The van der Waals surface area contributed by atoms with Gasteiger partial charge in [0.25, 0.3) is 0 Å². The van der Waals surface area contributed by atoms with Gasteiger partial charge in [0.15, 0.2) is 0 Å². The maximum absolute atomic E-state index is 13.6. The second-order valence-corrected chi connectivity index (χ2v) is 4.63. The Balaban J connectivity index is 1.72. The van der Waals surface area contributed by atoms with Gasteiger partial charge in [-0.2, -0.15) is 5.26 Å². The van der Waals surface area contributed by atoms with E-state index >= 15 is 0 Å². The summed E-state index contributed by atoms with van der Waals surface area (Å²) in [6, 6.07) is 13.9. The largest absolute Gasteiger partial charge is 0.497 e. The van der Waals surface area contributed by atoms with Gasteiger partial charge in [-0.1, -0.05) is 12.1 Å². The van der Waals surface area contributed by atoms with E-state index in [2.05, 4.69) is 5.32 Å². The fourth-order valence-corrected chi connectivity index (χ4v) is 1.90. The van der Waals surface area contributed by atoms with Crippen LogP contribution in [0.1, 0.15) is 11.1 Å². The molecule has 0 spiro atoms. The van der Waals surface area contributed by atoms with E-state index in [-0.39, 0.29) is 0 Å². The second kappa shape index (κ2) is 8.01. The van der Waals surface area contributed by atoms with Gasteiger partial charge in [-0.05, 0) is 35.9 Å². The molecule has 2 aromatic rings. The van der Waals surface area contributed by atoms with Crippen molar-refractivity contribution >= 4 is 5.69 Å². The summed E-state index contributed by atoms with van der Waals surface area (Å²) < 4.78 is 24.2. The lowest BCUT2D eigenvalue weighted by Gasteiger charge is -2.09. The number of ether oxygens (including phenoxy) is 2. The predicted molar refractivity (Wildman–Crippen MR) is 82.3 cm³/mol. The van der Waals surface area contributed by atoms with Crippen molar-refractivity contribution in [2.75, 3.05) is 25.6 Å².